The minimum Gasteiger partial charge on any atom is -0.396 e. The third-order valence-corrected chi connectivity index (χ3v) is 3.94. The predicted molar refractivity (Wildman–Crippen MR) is 82.1 cm³/mol. The Balaban J connectivity index is 2.05. The molecule has 21 heavy (non-hydrogen) atoms. The molecule has 1 unspecified atom stereocenters. The summed E-state index contributed by atoms with van der Waals surface area (Å²) in [5, 5.41) is 8.97. The first-order valence-corrected chi connectivity index (χ1v) is 7.57. The van der Waals surface area contributed by atoms with Gasteiger partial charge in [0.15, 0.2) is 0 Å². The molecular weight excluding hydrogens is 267 g/mol. The molecular formula is C17H23FN2O. The Hall–Kier alpha value is -1.41. The van der Waals surface area contributed by atoms with Crippen LogP contribution in [0, 0.1) is 17.7 Å². The molecule has 1 aromatic rings. The molecule has 0 radical (unpaired) electrons. The van der Waals surface area contributed by atoms with Gasteiger partial charge in [0, 0.05) is 19.2 Å². The third kappa shape index (κ3) is 4.53. The van der Waals surface area contributed by atoms with E-state index in [2.05, 4.69) is 16.7 Å². The Morgan fingerprint density at radius 1 is 1.43 bits per heavy atom. The molecule has 0 saturated carbocycles. The number of benzene rings is 1. The lowest BCUT2D eigenvalue weighted by Gasteiger charge is -2.24. The first-order chi connectivity index (χ1) is 10.2. The Morgan fingerprint density at radius 2 is 2.29 bits per heavy atom. The van der Waals surface area contributed by atoms with Gasteiger partial charge in [0.25, 0.3) is 0 Å². The van der Waals surface area contributed by atoms with Crippen LogP contribution in [0.4, 0.5) is 4.39 Å². The summed E-state index contributed by atoms with van der Waals surface area (Å²) in [4.78, 5) is 2.42. The normalized spacial score (nSPS) is 18.5. The largest absolute Gasteiger partial charge is 0.396 e. The summed E-state index contributed by atoms with van der Waals surface area (Å²) in [5.41, 5.74) is 6.83. The van der Waals surface area contributed by atoms with E-state index in [1.807, 2.05) is 12.1 Å². The van der Waals surface area contributed by atoms with E-state index in [9.17, 15) is 4.39 Å². The maximum atomic E-state index is 13.7. The van der Waals surface area contributed by atoms with E-state index in [4.69, 9.17) is 10.8 Å². The molecule has 0 amide bonds. The van der Waals surface area contributed by atoms with E-state index in [0.717, 1.165) is 31.5 Å². The van der Waals surface area contributed by atoms with Gasteiger partial charge in [0.1, 0.15) is 5.82 Å². The van der Waals surface area contributed by atoms with Crippen molar-refractivity contribution in [1.29, 1.82) is 0 Å². The third-order valence-electron chi connectivity index (χ3n) is 3.94. The molecule has 3 nitrogen and oxygen atoms in total. The minimum absolute atomic E-state index is 0.235. The fraction of sp³-hybridized carbons (Fsp3) is 0.529. The van der Waals surface area contributed by atoms with Gasteiger partial charge in [-0.05, 0) is 49.9 Å². The van der Waals surface area contributed by atoms with Crippen molar-refractivity contribution in [3.8, 4) is 11.8 Å². The second-order valence-electron chi connectivity index (χ2n) is 5.45. The molecule has 4 heteroatoms. The quantitative estimate of drug-likeness (QED) is 0.814. The van der Waals surface area contributed by atoms with Gasteiger partial charge in [0.05, 0.1) is 12.1 Å². The van der Waals surface area contributed by atoms with Gasteiger partial charge >= 0.3 is 0 Å². The molecule has 0 spiro atoms. The molecule has 3 N–H and O–H groups in total. The lowest BCUT2D eigenvalue weighted by atomic mass is 10.1. The van der Waals surface area contributed by atoms with E-state index in [-0.39, 0.29) is 19.0 Å². The number of likely N-dealkylation sites (tertiary alicyclic amines) is 1. The van der Waals surface area contributed by atoms with Crippen LogP contribution in [0.25, 0.3) is 0 Å². The van der Waals surface area contributed by atoms with Crippen molar-refractivity contribution in [2.75, 3.05) is 19.7 Å². The monoisotopic (exact) mass is 290 g/mol. The molecule has 1 fully saturated rings. The van der Waals surface area contributed by atoms with Gasteiger partial charge in [0.2, 0.25) is 0 Å². The smallest absolute Gasteiger partial charge is 0.138 e. The fourth-order valence-corrected chi connectivity index (χ4v) is 2.90. The van der Waals surface area contributed by atoms with E-state index < -0.39 is 0 Å². The van der Waals surface area contributed by atoms with Crippen LogP contribution >= 0.6 is 0 Å². The molecule has 114 valence electrons. The average molecular weight is 290 g/mol. The molecule has 1 aliphatic heterocycles. The summed E-state index contributed by atoms with van der Waals surface area (Å²) in [7, 11) is 0. The molecule has 2 rings (SSSR count). The highest BCUT2D eigenvalue weighted by atomic mass is 19.1. The Morgan fingerprint density at radius 3 is 3.05 bits per heavy atom. The second kappa shape index (κ2) is 8.14. The first-order valence-electron chi connectivity index (χ1n) is 7.57. The molecule has 0 aliphatic carbocycles. The van der Waals surface area contributed by atoms with Gasteiger partial charge in [-0.25, -0.2) is 4.39 Å². The van der Waals surface area contributed by atoms with Crippen molar-refractivity contribution in [3.63, 3.8) is 0 Å². The highest BCUT2D eigenvalue weighted by Gasteiger charge is 2.23. The molecule has 1 heterocycles. The van der Waals surface area contributed by atoms with E-state index in [1.54, 1.807) is 0 Å². The van der Waals surface area contributed by atoms with Crippen LogP contribution in [0.3, 0.4) is 0 Å². The zero-order valence-electron chi connectivity index (χ0n) is 12.3. The maximum Gasteiger partial charge on any atom is 0.138 e. The van der Waals surface area contributed by atoms with Crippen molar-refractivity contribution in [1.82, 2.24) is 4.90 Å². The first kappa shape index (κ1) is 16.0. The van der Waals surface area contributed by atoms with Gasteiger partial charge in [-0.1, -0.05) is 17.9 Å². The minimum atomic E-state index is -0.294. The van der Waals surface area contributed by atoms with Crippen LogP contribution in [-0.2, 0) is 6.54 Å². The highest BCUT2D eigenvalue weighted by molar-refractivity contribution is 5.38. The van der Waals surface area contributed by atoms with Crippen LogP contribution < -0.4 is 5.73 Å². The van der Waals surface area contributed by atoms with Crippen LogP contribution in [0.15, 0.2) is 18.2 Å². The van der Waals surface area contributed by atoms with Crippen LogP contribution in [-0.4, -0.2) is 35.7 Å². The average Bonchev–Trinajstić information content (AvgIpc) is 2.92. The van der Waals surface area contributed by atoms with E-state index in [0.29, 0.717) is 11.6 Å². The number of nitrogens with two attached hydrogens (primary N) is 1. The van der Waals surface area contributed by atoms with Crippen molar-refractivity contribution in [3.05, 3.63) is 35.1 Å². The lowest BCUT2D eigenvalue weighted by molar-refractivity contribution is 0.210. The summed E-state index contributed by atoms with van der Waals surface area (Å²) in [6.45, 7) is 2.36. The van der Waals surface area contributed by atoms with Crippen LogP contribution in [0.1, 0.15) is 36.8 Å². The predicted octanol–water partition coefficient (Wildman–Crippen LogP) is 1.87. The summed E-state index contributed by atoms with van der Waals surface area (Å²) < 4.78 is 13.7. The topological polar surface area (TPSA) is 49.5 Å². The molecule has 0 aromatic heterocycles. The van der Waals surface area contributed by atoms with Gasteiger partial charge in [-0.15, -0.1) is 0 Å². The zero-order chi connectivity index (χ0) is 15.1. The molecule has 1 aromatic carbocycles. The molecule has 1 aliphatic rings. The number of hydrogen-bond acceptors (Lipinski definition) is 3. The number of nitrogens with zero attached hydrogens (tertiary/aromatic N) is 1. The Kier molecular flexibility index (Phi) is 6.19. The lowest BCUT2D eigenvalue weighted by Crippen LogP contribution is -2.29. The number of hydrogen-bond donors (Lipinski definition) is 2. The van der Waals surface area contributed by atoms with Crippen molar-refractivity contribution in [2.24, 2.45) is 5.73 Å². The maximum absolute atomic E-state index is 13.7. The number of aliphatic hydroxyl groups excluding tert-OH is 1. The molecule has 1 saturated heterocycles. The Labute approximate surface area is 125 Å². The SMILES string of the molecule is NCC#Cc1cc(CN2CCCC2CCCO)ccc1F. The summed E-state index contributed by atoms with van der Waals surface area (Å²) in [5.74, 6) is 5.19. The Bertz CT molecular complexity index is 521. The summed E-state index contributed by atoms with van der Waals surface area (Å²) in [6, 6.07) is 5.65. The van der Waals surface area contributed by atoms with Crippen molar-refractivity contribution in [2.45, 2.75) is 38.3 Å². The molecule has 1 atom stereocenters. The summed E-state index contributed by atoms with van der Waals surface area (Å²) >= 11 is 0. The van der Waals surface area contributed by atoms with E-state index in [1.165, 1.54) is 18.9 Å². The summed E-state index contributed by atoms with van der Waals surface area (Å²) in [6.07, 6.45) is 4.24. The van der Waals surface area contributed by atoms with E-state index >= 15 is 0 Å². The fourth-order valence-electron chi connectivity index (χ4n) is 2.90. The van der Waals surface area contributed by atoms with Gasteiger partial charge < -0.3 is 10.8 Å². The molecule has 0 bridgehead atoms. The number of halogens is 1. The zero-order valence-corrected chi connectivity index (χ0v) is 12.3. The standard InChI is InChI=1S/C17H23FN2O/c18-17-8-7-14(12-15(17)4-1-9-19)13-20-10-2-5-16(20)6-3-11-21/h7-8,12,16,21H,2-3,5-6,9-11,13,19H2. The van der Waals surface area contributed by atoms with Crippen molar-refractivity contribution >= 4 is 0 Å². The van der Waals surface area contributed by atoms with Gasteiger partial charge in [-0.2, -0.15) is 0 Å². The number of rotatable bonds is 5. The highest BCUT2D eigenvalue weighted by Crippen LogP contribution is 2.24. The van der Waals surface area contributed by atoms with Crippen molar-refractivity contribution < 1.29 is 9.50 Å². The van der Waals surface area contributed by atoms with Crippen LogP contribution in [0.2, 0.25) is 0 Å². The van der Waals surface area contributed by atoms with Crippen LogP contribution in [0.5, 0.6) is 0 Å². The second-order valence-corrected chi connectivity index (χ2v) is 5.45. The van der Waals surface area contributed by atoms with Gasteiger partial charge in [-0.3, -0.25) is 4.90 Å². The number of aliphatic hydroxyl groups is 1.